The molecule has 4 bridgehead atoms. The Bertz CT molecular complexity index is 477. The van der Waals surface area contributed by atoms with Crippen molar-refractivity contribution in [3.63, 3.8) is 0 Å². The summed E-state index contributed by atoms with van der Waals surface area (Å²) < 4.78 is 0. The monoisotopic (exact) mass is 186 g/mol. The summed E-state index contributed by atoms with van der Waals surface area (Å²) in [7, 11) is 0. The van der Waals surface area contributed by atoms with Gasteiger partial charge in [-0.2, -0.15) is 4.89 Å². The molecule has 0 atom stereocenters. The van der Waals surface area contributed by atoms with E-state index in [1.165, 1.54) is 16.3 Å². The SMILES string of the molecule is c1cc2c3ccc(cc3c1)OOCC2. The van der Waals surface area contributed by atoms with E-state index in [0.29, 0.717) is 6.61 Å². The van der Waals surface area contributed by atoms with Crippen molar-refractivity contribution >= 4 is 10.8 Å². The van der Waals surface area contributed by atoms with Crippen LogP contribution < -0.4 is 4.89 Å². The number of fused-ring (bicyclic) bond motifs is 4. The molecule has 0 unspecified atom stereocenters. The van der Waals surface area contributed by atoms with Gasteiger partial charge in [0.25, 0.3) is 0 Å². The van der Waals surface area contributed by atoms with Crippen molar-refractivity contribution in [2.45, 2.75) is 6.42 Å². The molecule has 0 saturated carbocycles. The van der Waals surface area contributed by atoms with E-state index in [1.807, 2.05) is 12.1 Å². The fraction of sp³-hybridized carbons (Fsp3) is 0.167. The summed E-state index contributed by atoms with van der Waals surface area (Å²) in [5.41, 5.74) is 1.32. The van der Waals surface area contributed by atoms with E-state index in [9.17, 15) is 0 Å². The van der Waals surface area contributed by atoms with Crippen molar-refractivity contribution in [2.24, 2.45) is 0 Å². The van der Waals surface area contributed by atoms with Crippen LogP contribution in [0.2, 0.25) is 0 Å². The van der Waals surface area contributed by atoms with Gasteiger partial charge in [0.05, 0.1) is 6.61 Å². The van der Waals surface area contributed by atoms with Gasteiger partial charge in [0.15, 0.2) is 5.75 Å². The highest BCUT2D eigenvalue weighted by atomic mass is 17.2. The molecule has 2 aliphatic heterocycles. The number of hydrogen-bond acceptors (Lipinski definition) is 2. The van der Waals surface area contributed by atoms with Crippen molar-refractivity contribution in [1.29, 1.82) is 0 Å². The average molecular weight is 186 g/mol. The molecule has 0 amide bonds. The molecule has 2 aromatic carbocycles. The zero-order chi connectivity index (χ0) is 9.38. The van der Waals surface area contributed by atoms with Crippen LogP contribution >= 0.6 is 0 Å². The number of rotatable bonds is 0. The highest BCUT2D eigenvalue weighted by molar-refractivity contribution is 5.87. The van der Waals surface area contributed by atoms with E-state index in [1.54, 1.807) is 0 Å². The minimum Gasteiger partial charge on any atom is -0.338 e. The van der Waals surface area contributed by atoms with Crippen molar-refractivity contribution < 1.29 is 9.78 Å². The predicted molar refractivity (Wildman–Crippen MR) is 54.2 cm³/mol. The Morgan fingerprint density at radius 1 is 1.07 bits per heavy atom. The molecule has 2 aromatic rings. The first-order valence-corrected chi connectivity index (χ1v) is 4.75. The van der Waals surface area contributed by atoms with E-state index in [2.05, 4.69) is 24.3 Å². The van der Waals surface area contributed by atoms with E-state index < -0.39 is 0 Å². The van der Waals surface area contributed by atoms with E-state index in [-0.39, 0.29) is 0 Å². The van der Waals surface area contributed by atoms with Crippen molar-refractivity contribution in [1.82, 2.24) is 0 Å². The van der Waals surface area contributed by atoms with Crippen LogP contribution in [0.3, 0.4) is 0 Å². The van der Waals surface area contributed by atoms with Gasteiger partial charge in [-0.05, 0) is 28.5 Å². The lowest BCUT2D eigenvalue weighted by atomic mass is 10.0. The van der Waals surface area contributed by atoms with Gasteiger partial charge in [0, 0.05) is 6.42 Å². The molecule has 0 aromatic heterocycles. The average Bonchev–Trinajstić information content (AvgIpc) is 2.34. The lowest BCUT2D eigenvalue weighted by Crippen LogP contribution is -2.00. The molecule has 2 nitrogen and oxygen atoms in total. The Morgan fingerprint density at radius 3 is 3.07 bits per heavy atom. The van der Waals surface area contributed by atoms with Gasteiger partial charge in [0.2, 0.25) is 0 Å². The molecule has 70 valence electrons. The highest BCUT2D eigenvalue weighted by Gasteiger charge is 2.06. The third-order valence-corrected chi connectivity index (χ3v) is 2.55. The summed E-state index contributed by atoms with van der Waals surface area (Å²) in [6.07, 6.45) is 0.897. The van der Waals surface area contributed by atoms with E-state index in [0.717, 1.165) is 12.2 Å². The summed E-state index contributed by atoms with van der Waals surface area (Å²) in [4.78, 5) is 10.2. The molecule has 0 radical (unpaired) electrons. The summed E-state index contributed by atoms with van der Waals surface area (Å²) in [5.74, 6) is 0.775. The summed E-state index contributed by atoms with van der Waals surface area (Å²) in [5, 5.41) is 2.51. The van der Waals surface area contributed by atoms with Crippen LogP contribution in [0, 0.1) is 0 Å². The molecular formula is C12H10O2. The zero-order valence-corrected chi connectivity index (χ0v) is 7.69. The molecule has 14 heavy (non-hydrogen) atoms. The third kappa shape index (κ3) is 1.16. The largest absolute Gasteiger partial charge is 0.338 e. The quantitative estimate of drug-likeness (QED) is 0.589. The van der Waals surface area contributed by atoms with Crippen LogP contribution in [0.15, 0.2) is 36.4 Å². The maximum absolute atomic E-state index is 5.14. The first kappa shape index (κ1) is 7.83. The molecule has 0 aliphatic carbocycles. The van der Waals surface area contributed by atoms with Crippen LogP contribution in [-0.2, 0) is 11.3 Å². The molecular weight excluding hydrogens is 176 g/mol. The lowest BCUT2D eigenvalue weighted by molar-refractivity contribution is -0.205. The van der Waals surface area contributed by atoms with Gasteiger partial charge in [-0.15, -0.1) is 0 Å². The topological polar surface area (TPSA) is 18.5 Å². The first-order valence-electron chi connectivity index (χ1n) is 4.75. The van der Waals surface area contributed by atoms with Crippen LogP contribution in [0.1, 0.15) is 5.56 Å². The first-order chi connectivity index (χ1) is 6.93. The maximum atomic E-state index is 5.14. The summed E-state index contributed by atoms with van der Waals surface area (Å²) in [6.45, 7) is 0.607. The normalized spacial score (nSPS) is 14.9. The molecule has 0 fully saturated rings. The third-order valence-electron chi connectivity index (χ3n) is 2.55. The van der Waals surface area contributed by atoms with Crippen molar-refractivity contribution in [2.75, 3.05) is 6.61 Å². The predicted octanol–water partition coefficient (Wildman–Crippen LogP) is 2.71. The Hall–Kier alpha value is -1.54. The molecule has 0 N–H and O–H groups in total. The fourth-order valence-corrected chi connectivity index (χ4v) is 1.86. The van der Waals surface area contributed by atoms with Crippen LogP contribution in [0.4, 0.5) is 0 Å². The summed E-state index contributed by atoms with van der Waals surface area (Å²) >= 11 is 0. The Morgan fingerprint density at radius 2 is 2.07 bits per heavy atom. The molecule has 0 saturated heterocycles. The minimum atomic E-state index is 0.607. The van der Waals surface area contributed by atoms with Gasteiger partial charge in [-0.1, -0.05) is 24.3 Å². The lowest BCUT2D eigenvalue weighted by Gasteiger charge is -2.02. The Labute approximate surface area is 82.0 Å². The molecule has 2 aliphatic rings. The summed E-state index contributed by atoms with van der Waals surface area (Å²) in [6, 6.07) is 12.3. The smallest absolute Gasteiger partial charge is 0.166 e. The van der Waals surface area contributed by atoms with Gasteiger partial charge >= 0.3 is 0 Å². The highest BCUT2D eigenvalue weighted by Crippen LogP contribution is 2.25. The van der Waals surface area contributed by atoms with Crippen LogP contribution in [0.5, 0.6) is 5.75 Å². The molecule has 0 spiro atoms. The van der Waals surface area contributed by atoms with Gasteiger partial charge in [-0.3, -0.25) is 0 Å². The molecule has 2 heterocycles. The molecule has 2 heteroatoms. The second kappa shape index (κ2) is 3.00. The second-order valence-corrected chi connectivity index (χ2v) is 3.46. The second-order valence-electron chi connectivity index (χ2n) is 3.46. The number of hydrogen-bond donors (Lipinski definition) is 0. The Balaban J connectivity index is 2.36. The molecule has 4 rings (SSSR count). The standard InChI is InChI=1S/C12H10O2/c1-2-9-6-7-13-14-11-4-5-12(9)10(3-1)8-11/h1-5,8H,6-7H2. The van der Waals surface area contributed by atoms with Gasteiger partial charge in [0.1, 0.15) is 0 Å². The van der Waals surface area contributed by atoms with E-state index >= 15 is 0 Å². The van der Waals surface area contributed by atoms with Gasteiger partial charge < -0.3 is 4.89 Å². The Kier molecular flexibility index (Phi) is 1.67. The maximum Gasteiger partial charge on any atom is 0.166 e. The minimum absolute atomic E-state index is 0.607. The van der Waals surface area contributed by atoms with Crippen LogP contribution in [-0.4, -0.2) is 6.61 Å². The van der Waals surface area contributed by atoms with Gasteiger partial charge in [-0.25, -0.2) is 0 Å². The van der Waals surface area contributed by atoms with Crippen molar-refractivity contribution in [3.05, 3.63) is 42.0 Å². The van der Waals surface area contributed by atoms with Crippen molar-refractivity contribution in [3.8, 4) is 5.75 Å². The zero-order valence-electron chi connectivity index (χ0n) is 7.69. The fourth-order valence-electron chi connectivity index (χ4n) is 1.86. The number of benzene rings is 2. The van der Waals surface area contributed by atoms with E-state index in [4.69, 9.17) is 9.78 Å². The van der Waals surface area contributed by atoms with Crippen LogP contribution in [0.25, 0.3) is 10.8 Å².